The van der Waals surface area contributed by atoms with Gasteiger partial charge in [-0.25, -0.2) is 4.68 Å². The van der Waals surface area contributed by atoms with Crippen molar-refractivity contribution in [1.82, 2.24) is 14.7 Å². The molecule has 2 aliphatic rings. The molecular formula is C16H19N3O2S2. The van der Waals surface area contributed by atoms with E-state index >= 15 is 0 Å². The van der Waals surface area contributed by atoms with Gasteiger partial charge in [0.05, 0.1) is 6.61 Å². The number of thiophene rings is 1. The summed E-state index contributed by atoms with van der Waals surface area (Å²) in [5.41, 5.74) is 0.515. The van der Waals surface area contributed by atoms with Crippen LogP contribution in [0, 0.1) is 0 Å². The van der Waals surface area contributed by atoms with E-state index in [1.807, 2.05) is 16.7 Å². The number of aromatic nitrogens is 2. The zero-order valence-corrected chi connectivity index (χ0v) is 14.4. The monoisotopic (exact) mass is 349 g/mol. The van der Waals surface area contributed by atoms with Gasteiger partial charge in [0.1, 0.15) is 0 Å². The molecule has 2 aliphatic heterocycles. The van der Waals surface area contributed by atoms with E-state index in [1.165, 1.54) is 4.88 Å². The Balaban J connectivity index is 1.45. The maximum atomic E-state index is 12.8. The third-order valence-electron chi connectivity index (χ3n) is 4.22. The summed E-state index contributed by atoms with van der Waals surface area (Å²) < 4.78 is 7.36. The average Bonchev–Trinajstić information content (AvgIpc) is 3.19. The summed E-state index contributed by atoms with van der Waals surface area (Å²) in [7, 11) is 0. The van der Waals surface area contributed by atoms with E-state index in [0.29, 0.717) is 17.6 Å². The largest absolute Gasteiger partial charge is 0.478 e. The third-order valence-corrected chi connectivity index (χ3v) is 6.66. The fraction of sp³-hybridized carbons (Fsp3) is 0.500. The Morgan fingerprint density at radius 1 is 1.35 bits per heavy atom. The molecule has 23 heavy (non-hydrogen) atoms. The van der Waals surface area contributed by atoms with Gasteiger partial charge < -0.3 is 9.64 Å². The van der Waals surface area contributed by atoms with Gasteiger partial charge in [-0.3, -0.25) is 4.79 Å². The van der Waals surface area contributed by atoms with Crippen LogP contribution in [-0.2, 0) is 6.54 Å². The number of hydrogen-bond acceptors (Lipinski definition) is 5. The highest BCUT2D eigenvalue weighted by molar-refractivity contribution is 7.99. The van der Waals surface area contributed by atoms with Gasteiger partial charge in [-0.05, 0) is 17.9 Å². The smallest absolute Gasteiger partial charge is 0.274 e. The lowest BCUT2D eigenvalue weighted by atomic mass is 10.2. The molecule has 1 unspecified atom stereocenters. The molecule has 0 radical (unpaired) electrons. The molecule has 0 aliphatic carbocycles. The molecule has 1 saturated heterocycles. The van der Waals surface area contributed by atoms with Crippen LogP contribution in [0.4, 0.5) is 0 Å². The molecule has 1 fully saturated rings. The first-order chi connectivity index (χ1) is 11.3. The molecule has 0 spiro atoms. The number of carbonyl (C=O) groups is 1. The quantitative estimate of drug-likeness (QED) is 0.836. The normalized spacial score (nSPS) is 21.4. The first-order valence-corrected chi connectivity index (χ1v) is 9.89. The Morgan fingerprint density at radius 3 is 3.13 bits per heavy atom. The van der Waals surface area contributed by atoms with E-state index in [4.69, 9.17) is 4.74 Å². The van der Waals surface area contributed by atoms with Crippen molar-refractivity contribution in [2.45, 2.75) is 24.6 Å². The van der Waals surface area contributed by atoms with Crippen molar-refractivity contribution in [3.05, 3.63) is 34.2 Å². The van der Waals surface area contributed by atoms with Gasteiger partial charge in [0, 0.05) is 48.0 Å². The molecule has 2 aromatic heterocycles. The molecule has 7 heteroatoms. The molecule has 0 N–H and O–H groups in total. The Bertz CT molecular complexity index is 660. The standard InChI is InChI=1S/C16H19N3O2S2/c20-16(12-11-15-19(17-12)5-2-8-21-15)18-6-4-14(23-10-7-18)13-3-1-9-22-13/h1,3,9,11,14H,2,4-8,10H2. The number of thioether (sulfide) groups is 1. The number of ether oxygens (including phenoxy) is 1. The zero-order chi connectivity index (χ0) is 15.6. The van der Waals surface area contributed by atoms with Crippen molar-refractivity contribution >= 4 is 29.0 Å². The van der Waals surface area contributed by atoms with Gasteiger partial charge in [-0.1, -0.05) is 6.07 Å². The van der Waals surface area contributed by atoms with E-state index in [9.17, 15) is 4.79 Å². The fourth-order valence-corrected chi connectivity index (χ4v) is 5.25. The lowest BCUT2D eigenvalue weighted by molar-refractivity contribution is 0.0759. The summed E-state index contributed by atoms with van der Waals surface area (Å²) in [4.78, 5) is 16.1. The van der Waals surface area contributed by atoms with Crippen LogP contribution in [0.2, 0.25) is 0 Å². The predicted molar refractivity (Wildman–Crippen MR) is 92.4 cm³/mol. The summed E-state index contributed by atoms with van der Waals surface area (Å²) in [6.07, 6.45) is 1.95. The highest BCUT2D eigenvalue weighted by Gasteiger charge is 2.26. The molecule has 2 aromatic rings. The molecule has 4 heterocycles. The second-order valence-corrected chi connectivity index (χ2v) is 8.04. The van der Waals surface area contributed by atoms with Crippen LogP contribution in [0.3, 0.4) is 0 Å². The Morgan fingerprint density at radius 2 is 2.30 bits per heavy atom. The van der Waals surface area contributed by atoms with E-state index < -0.39 is 0 Å². The lowest BCUT2D eigenvalue weighted by Crippen LogP contribution is -2.33. The number of carbonyl (C=O) groups excluding carboxylic acids is 1. The van der Waals surface area contributed by atoms with Crippen molar-refractivity contribution < 1.29 is 9.53 Å². The van der Waals surface area contributed by atoms with E-state index in [1.54, 1.807) is 22.1 Å². The SMILES string of the molecule is O=C(c1cc2n(n1)CCCO2)N1CCSC(c2cccs2)CC1. The Labute approximate surface area is 143 Å². The molecule has 122 valence electrons. The molecule has 1 atom stereocenters. The van der Waals surface area contributed by atoms with Gasteiger partial charge in [-0.15, -0.1) is 11.3 Å². The van der Waals surface area contributed by atoms with Crippen LogP contribution in [0.5, 0.6) is 5.88 Å². The molecule has 0 aromatic carbocycles. The van der Waals surface area contributed by atoms with Crippen molar-refractivity contribution in [2.24, 2.45) is 0 Å². The molecule has 1 amide bonds. The van der Waals surface area contributed by atoms with Gasteiger partial charge >= 0.3 is 0 Å². The zero-order valence-electron chi connectivity index (χ0n) is 12.8. The Hall–Kier alpha value is -1.47. The number of aryl methyl sites for hydroxylation is 1. The number of amides is 1. The van der Waals surface area contributed by atoms with Gasteiger partial charge in [0.2, 0.25) is 5.88 Å². The van der Waals surface area contributed by atoms with Crippen LogP contribution < -0.4 is 4.74 Å². The fourth-order valence-electron chi connectivity index (χ4n) is 3.01. The molecule has 4 rings (SSSR count). The first-order valence-electron chi connectivity index (χ1n) is 7.96. The topological polar surface area (TPSA) is 47.4 Å². The summed E-state index contributed by atoms with van der Waals surface area (Å²) in [5.74, 6) is 1.72. The summed E-state index contributed by atoms with van der Waals surface area (Å²) in [6.45, 7) is 3.12. The first kappa shape index (κ1) is 15.1. The van der Waals surface area contributed by atoms with E-state index in [2.05, 4.69) is 22.6 Å². The van der Waals surface area contributed by atoms with E-state index in [0.717, 1.165) is 44.1 Å². The minimum Gasteiger partial charge on any atom is -0.478 e. The molecule has 0 saturated carbocycles. The highest BCUT2D eigenvalue weighted by atomic mass is 32.2. The van der Waals surface area contributed by atoms with Crippen LogP contribution in [0.1, 0.15) is 33.5 Å². The van der Waals surface area contributed by atoms with Crippen LogP contribution >= 0.6 is 23.1 Å². The van der Waals surface area contributed by atoms with E-state index in [-0.39, 0.29) is 5.91 Å². The minimum atomic E-state index is 0.0305. The lowest BCUT2D eigenvalue weighted by Gasteiger charge is -2.18. The van der Waals surface area contributed by atoms with Crippen LogP contribution in [0.15, 0.2) is 23.6 Å². The summed E-state index contributed by atoms with van der Waals surface area (Å²) in [6, 6.07) is 6.08. The van der Waals surface area contributed by atoms with Crippen LogP contribution in [-0.4, -0.2) is 46.0 Å². The van der Waals surface area contributed by atoms with Crippen molar-refractivity contribution in [1.29, 1.82) is 0 Å². The number of fused-ring (bicyclic) bond motifs is 1. The minimum absolute atomic E-state index is 0.0305. The molecule has 5 nitrogen and oxygen atoms in total. The second kappa shape index (κ2) is 6.57. The summed E-state index contributed by atoms with van der Waals surface area (Å²) in [5, 5.41) is 7.05. The maximum absolute atomic E-state index is 12.8. The number of hydrogen-bond donors (Lipinski definition) is 0. The average molecular weight is 349 g/mol. The predicted octanol–water partition coefficient (Wildman–Crippen LogP) is 3.05. The molecular weight excluding hydrogens is 330 g/mol. The van der Waals surface area contributed by atoms with Crippen molar-refractivity contribution in [2.75, 3.05) is 25.4 Å². The second-order valence-electron chi connectivity index (χ2n) is 5.75. The third kappa shape index (κ3) is 3.12. The number of nitrogens with zero attached hydrogens (tertiary/aromatic N) is 3. The van der Waals surface area contributed by atoms with Gasteiger partial charge in [0.25, 0.3) is 5.91 Å². The maximum Gasteiger partial charge on any atom is 0.274 e. The van der Waals surface area contributed by atoms with Gasteiger partial charge in [-0.2, -0.15) is 16.9 Å². The van der Waals surface area contributed by atoms with Crippen LogP contribution in [0.25, 0.3) is 0 Å². The van der Waals surface area contributed by atoms with Gasteiger partial charge in [0.15, 0.2) is 5.69 Å². The Kier molecular flexibility index (Phi) is 4.31. The van der Waals surface area contributed by atoms with Crippen molar-refractivity contribution in [3.63, 3.8) is 0 Å². The highest BCUT2D eigenvalue weighted by Crippen LogP contribution is 2.37. The molecule has 0 bridgehead atoms. The number of rotatable bonds is 2. The summed E-state index contributed by atoms with van der Waals surface area (Å²) >= 11 is 3.76. The van der Waals surface area contributed by atoms with Crippen molar-refractivity contribution in [3.8, 4) is 5.88 Å².